The van der Waals surface area contributed by atoms with Gasteiger partial charge in [-0.3, -0.25) is 9.13 Å². The zero-order valence-electron chi connectivity index (χ0n) is 6.57. The van der Waals surface area contributed by atoms with Crippen molar-refractivity contribution in [3.05, 3.63) is 0 Å². The molecule has 0 bridgehead atoms. The van der Waals surface area contributed by atoms with Crippen LogP contribution in [0, 0.1) is 0 Å². The fourth-order valence-electron chi connectivity index (χ4n) is 0.525. The molecule has 0 aliphatic carbocycles. The van der Waals surface area contributed by atoms with Crippen LogP contribution in [0.4, 0.5) is 0 Å². The van der Waals surface area contributed by atoms with Crippen LogP contribution in [0.5, 0.6) is 0 Å². The van der Waals surface area contributed by atoms with Crippen molar-refractivity contribution in [2.45, 2.75) is 0 Å². The number of aliphatic imine (C=N–C) groups is 1. The molecule has 0 saturated heterocycles. The Kier molecular flexibility index (Phi) is 4.09. The molecule has 0 rings (SSSR count). The highest BCUT2D eigenvalue weighted by atomic mass is 31.2. The van der Waals surface area contributed by atoms with E-state index >= 15 is 0 Å². The van der Waals surface area contributed by atoms with Crippen LogP contribution < -0.4 is 11.5 Å². The van der Waals surface area contributed by atoms with E-state index in [0.29, 0.717) is 0 Å². The molecule has 0 aromatic rings. The van der Waals surface area contributed by atoms with E-state index in [9.17, 15) is 9.13 Å². The van der Waals surface area contributed by atoms with Crippen molar-refractivity contribution in [3.8, 4) is 0 Å². The van der Waals surface area contributed by atoms with Crippen molar-refractivity contribution in [3.63, 3.8) is 0 Å². The molecule has 0 aliphatic heterocycles. The maximum Gasteiger partial charge on any atom is 0.335 e. The summed E-state index contributed by atoms with van der Waals surface area (Å²) in [6.07, 6.45) is -0.680. The first kappa shape index (κ1) is 12.6. The van der Waals surface area contributed by atoms with E-state index in [2.05, 4.69) is 4.99 Å². The molecule has 78 valence electrons. The summed E-state index contributed by atoms with van der Waals surface area (Å²) >= 11 is 0. The highest BCUT2D eigenvalue weighted by Gasteiger charge is 2.29. The van der Waals surface area contributed by atoms with E-state index in [1.165, 1.54) is 0 Å². The first-order valence-electron chi connectivity index (χ1n) is 3.03. The van der Waals surface area contributed by atoms with Crippen LogP contribution >= 0.6 is 15.0 Å². The molecule has 1 atom stereocenters. The maximum atomic E-state index is 11.0. The van der Waals surface area contributed by atoms with Crippen molar-refractivity contribution < 1.29 is 23.8 Å². The van der Waals surface area contributed by atoms with Gasteiger partial charge in [-0.05, 0) is 0 Å². The zero-order chi connectivity index (χ0) is 10.7. The second kappa shape index (κ2) is 4.21. The standard InChI is InChI=1S/C3H11N3O5P2/c4-3(5)6-1-12(7,8)2-13(9,10)11/h1-2H2,(H,7,8)(H4,4,5,6)(H2,9,10,11). The van der Waals surface area contributed by atoms with E-state index in [4.69, 9.17) is 26.1 Å². The molecule has 0 radical (unpaired) electrons. The maximum absolute atomic E-state index is 11.0. The van der Waals surface area contributed by atoms with Crippen molar-refractivity contribution >= 4 is 20.9 Å². The van der Waals surface area contributed by atoms with Crippen molar-refractivity contribution in [2.24, 2.45) is 16.5 Å². The average molecular weight is 231 g/mol. The van der Waals surface area contributed by atoms with Crippen molar-refractivity contribution in [2.75, 3.05) is 12.2 Å². The lowest BCUT2D eigenvalue weighted by Crippen LogP contribution is -2.23. The minimum Gasteiger partial charge on any atom is -0.370 e. The van der Waals surface area contributed by atoms with Crippen LogP contribution in [0.15, 0.2) is 4.99 Å². The van der Waals surface area contributed by atoms with Gasteiger partial charge >= 0.3 is 7.60 Å². The molecule has 7 N–H and O–H groups in total. The van der Waals surface area contributed by atoms with E-state index in [-0.39, 0.29) is 0 Å². The Balaban J connectivity index is 4.35. The molecule has 13 heavy (non-hydrogen) atoms. The largest absolute Gasteiger partial charge is 0.370 e. The Labute approximate surface area is 74.3 Å². The van der Waals surface area contributed by atoms with Crippen LogP contribution in [0.25, 0.3) is 0 Å². The molecule has 8 nitrogen and oxygen atoms in total. The quantitative estimate of drug-likeness (QED) is 0.226. The summed E-state index contributed by atoms with van der Waals surface area (Å²) in [5, 5.41) is 0. The molecule has 1 unspecified atom stereocenters. The van der Waals surface area contributed by atoms with E-state index < -0.39 is 33.1 Å². The Morgan fingerprint density at radius 2 is 1.69 bits per heavy atom. The lowest BCUT2D eigenvalue weighted by Gasteiger charge is -2.09. The van der Waals surface area contributed by atoms with E-state index in [1.54, 1.807) is 0 Å². The summed E-state index contributed by atoms with van der Waals surface area (Å²) in [4.78, 5) is 28.9. The van der Waals surface area contributed by atoms with Gasteiger partial charge in [0.2, 0.25) is 7.37 Å². The highest BCUT2D eigenvalue weighted by molar-refractivity contribution is 7.72. The Morgan fingerprint density at radius 3 is 2.00 bits per heavy atom. The molecule has 0 saturated carbocycles. The summed E-state index contributed by atoms with van der Waals surface area (Å²) in [7, 11) is -8.49. The van der Waals surface area contributed by atoms with Crippen LogP contribution in [-0.2, 0) is 9.13 Å². The van der Waals surface area contributed by atoms with Crippen LogP contribution in [0.1, 0.15) is 0 Å². The summed E-state index contributed by atoms with van der Waals surface area (Å²) in [5.74, 6) is -1.52. The van der Waals surface area contributed by atoms with Crippen molar-refractivity contribution in [1.29, 1.82) is 0 Å². The molecule has 0 spiro atoms. The Bertz CT molecular complexity index is 291. The average Bonchev–Trinajstić information content (AvgIpc) is 1.78. The molecule has 0 amide bonds. The fraction of sp³-hybridized carbons (Fsp3) is 0.667. The first-order valence-corrected chi connectivity index (χ1v) is 6.86. The van der Waals surface area contributed by atoms with Gasteiger partial charge in [0.25, 0.3) is 0 Å². The fourth-order valence-corrected chi connectivity index (χ4v) is 3.57. The van der Waals surface area contributed by atoms with Crippen LogP contribution in [0.3, 0.4) is 0 Å². The highest BCUT2D eigenvalue weighted by Crippen LogP contribution is 2.54. The third-order valence-corrected chi connectivity index (χ3v) is 4.70. The third kappa shape index (κ3) is 7.95. The van der Waals surface area contributed by atoms with Crippen LogP contribution in [-0.4, -0.2) is 32.8 Å². The van der Waals surface area contributed by atoms with Gasteiger partial charge in [-0.15, -0.1) is 0 Å². The lowest BCUT2D eigenvalue weighted by atomic mass is 11.1. The minimum atomic E-state index is -4.51. The topological polar surface area (TPSA) is 159 Å². The number of hydrogen-bond acceptors (Lipinski definition) is 3. The monoisotopic (exact) mass is 231 g/mol. The molecular formula is C3H11N3O5P2. The van der Waals surface area contributed by atoms with E-state index in [1.807, 2.05) is 0 Å². The smallest absolute Gasteiger partial charge is 0.335 e. The second-order valence-electron chi connectivity index (χ2n) is 2.38. The molecule has 0 heterocycles. The molecule has 0 aromatic heterocycles. The lowest BCUT2D eigenvalue weighted by molar-refractivity contribution is 0.376. The Hall–Kier alpha value is -0.390. The number of guanidine groups is 1. The normalized spacial score (nSPS) is 16.2. The third-order valence-electron chi connectivity index (χ3n) is 0.879. The predicted octanol–water partition coefficient (Wildman–Crippen LogP) is -1.38. The van der Waals surface area contributed by atoms with Gasteiger partial charge in [0.15, 0.2) is 5.96 Å². The minimum absolute atomic E-state index is 0.403. The SMILES string of the molecule is NC(N)=NCP(=O)(O)CP(=O)(O)O. The van der Waals surface area contributed by atoms with Gasteiger partial charge < -0.3 is 26.1 Å². The van der Waals surface area contributed by atoms with Gasteiger partial charge in [-0.2, -0.15) is 0 Å². The van der Waals surface area contributed by atoms with Gasteiger partial charge in [-0.25, -0.2) is 4.99 Å². The zero-order valence-corrected chi connectivity index (χ0v) is 8.36. The number of hydrogen-bond donors (Lipinski definition) is 5. The van der Waals surface area contributed by atoms with Gasteiger partial charge in [-0.1, -0.05) is 0 Å². The number of rotatable bonds is 4. The molecule has 0 fully saturated rings. The summed E-state index contributed by atoms with van der Waals surface area (Å²) in [5.41, 5.74) is 9.73. The first-order chi connectivity index (χ1) is 5.62. The Morgan fingerprint density at radius 1 is 1.23 bits per heavy atom. The molecule has 10 heteroatoms. The molecule has 0 aliphatic rings. The second-order valence-corrected chi connectivity index (χ2v) is 6.81. The molecular weight excluding hydrogens is 220 g/mol. The van der Waals surface area contributed by atoms with Gasteiger partial charge in [0, 0.05) is 0 Å². The van der Waals surface area contributed by atoms with Crippen LogP contribution in [0.2, 0.25) is 0 Å². The predicted molar refractivity (Wildman–Crippen MR) is 47.4 cm³/mol. The van der Waals surface area contributed by atoms with Gasteiger partial charge in [0.1, 0.15) is 12.2 Å². The van der Waals surface area contributed by atoms with E-state index in [0.717, 1.165) is 0 Å². The number of nitrogens with zero attached hydrogens (tertiary/aromatic N) is 1. The summed E-state index contributed by atoms with van der Waals surface area (Å²) < 4.78 is 21.3. The number of nitrogens with two attached hydrogens (primary N) is 2. The summed E-state index contributed by atoms with van der Waals surface area (Å²) in [6, 6.07) is 0. The summed E-state index contributed by atoms with van der Waals surface area (Å²) in [6.45, 7) is 0. The van der Waals surface area contributed by atoms with Crippen molar-refractivity contribution in [1.82, 2.24) is 0 Å². The van der Waals surface area contributed by atoms with Gasteiger partial charge in [0.05, 0.1) is 0 Å². The molecule has 0 aromatic carbocycles.